The zero-order valence-electron chi connectivity index (χ0n) is 16.4. The van der Waals surface area contributed by atoms with Gasteiger partial charge in [-0.2, -0.15) is 0 Å². The number of likely N-dealkylation sites (tertiary alicyclic amines) is 1. The van der Waals surface area contributed by atoms with Crippen molar-refractivity contribution in [1.29, 1.82) is 0 Å². The van der Waals surface area contributed by atoms with Crippen molar-refractivity contribution < 1.29 is 9.32 Å². The smallest absolute Gasteiger partial charge is 0.239 e. The number of rotatable bonds is 8. The Labute approximate surface area is 161 Å². The summed E-state index contributed by atoms with van der Waals surface area (Å²) in [6, 6.07) is 12.8. The van der Waals surface area contributed by atoms with Crippen molar-refractivity contribution >= 4 is 11.7 Å². The molecule has 1 aliphatic heterocycles. The lowest BCUT2D eigenvalue weighted by Crippen LogP contribution is -2.50. The zero-order valence-corrected chi connectivity index (χ0v) is 16.4. The standard InChI is InChI=1S/C21H30N4O2/c1-3-11-25(16-21(26)22-20-13-17(2)27-23-20)19-10-7-12-24(15-19)14-18-8-5-4-6-9-18/h4-6,8-9,13,19H,3,7,10-12,14-16H2,1-2H3,(H,22,23,26). The van der Waals surface area contributed by atoms with Gasteiger partial charge in [-0.25, -0.2) is 0 Å². The molecule has 0 spiro atoms. The Hall–Kier alpha value is -2.18. The van der Waals surface area contributed by atoms with Crippen LogP contribution in [0.5, 0.6) is 0 Å². The first-order valence-electron chi connectivity index (χ1n) is 9.87. The van der Waals surface area contributed by atoms with Gasteiger partial charge >= 0.3 is 0 Å². The summed E-state index contributed by atoms with van der Waals surface area (Å²) in [5.41, 5.74) is 1.35. The maximum Gasteiger partial charge on any atom is 0.239 e. The van der Waals surface area contributed by atoms with E-state index >= 15 is 0 Å². The van der Waals surface area contributed by atoms with E-state index in [1.165, 1.54) is 12.0 Å². The van der Waals surface area contributed by atoms with Crippen LogP contribution in [0.1, 0.15) is 37.5 Å². The topological polar surface area (TPSA) is 61.6 Å². The number of hydrogen-bond acceptors (Lipinski definition) is 5. The molecular formula is C21H30N4O2. The van der Waals surface area contributed by atoms with Gasteiger partial charge < -0.3 is 9.84 Å². The Balaban J connectivity index is 1.57. The highest BCUT2D eigenvalue weighted by Crippen LogP contribution is 2.19. The van der Waals surface area contributed by atoms with Gasteiger partial charge in [0, 0.05) is 25.2 Å². The fraction of sp³-hybridized carbons (Fsp3) is 0.524. The minimum Gasteiger partial charge on any atom is -0.360 e. The highest BCUT2D eigenvalue weighted by Gasteiger charge is 2.26. The molecule has 1 aliphatic rings. The van der Waals surface area contributed by atoms with Crippen molar-refractivity contribution in [2.75, 3.05) is 31.5 Å². The average molecular weight is 370 g/mol. The Kier molecular flexibility index (Phi) is 7.01. The molecule has 1 atom stereocenters. The fourth-order valence-corrected chi connectivity index (χ4v) is 3.78. The molecule has 3 rings (SSSR count). The number of nitrogens with one attached hydrogen (secondary N) is 1. The highest BCUT2D eigenvalue weighted by molar-refractivity contribution is 5.91. The van der Waals surface area contributed by atoms with Crippen LogP contribution in [0.25, 0.3) is 0 Å². The molecule has 0 aliphatic carbocycles. The summed E-state index contributed by atoms with van der Waals surface area (Å²) < 4.78 is 5.02. The Morgan fingerprint density at radius 3 is 2.89 bits per heavy atom. The molecule has 6 nitrogen and oxygen atoms in total. The third-order valence-electron chi connectivity index (χ3n) is 5.00. The van der Waals surface area contributed by atoms with E-state index in [1.807, 2.05) is 6.92 Å². The van der Waals surface area contributed by atoms with Gasteiger partial charge in [-0.3, -0.25) is 14.6 Å². The number of piperidine rings is 1. The minimum atomic E-state index is -0.0306. The van der Waals surface area contributed by atoms with Crippen LogP contribution in [0.15, 0.2) is 40.9 Å². The normalized spacial score (nSPS) is 18.0. The lowest BCUT2D eigenvalue weighted by atomic mass is 10.0. The molecule has 6 heteroatoms. The van der Waals surface area contributed by atoms with Gasteiger partial charge in [0.1, 0.15) is 5.76 Å². The fourth-order valence-electron chi connectivity index (χ4n) is 3.78. The Morgan fingerprint density at radius 2 is 2.19 bits per heavy atom. The van der Waals surface area contributed by atoms with Crippen LogP contribution >= 0.6 is 0 Å². The molecule has 1 N–H and O–H groups in total. The molecule has 1 aromatic carbocycles. The van der Waals surface area contributed by atoms with E-state index in [1.54, 1.807) is 6.07 Å². The van der Waals surface area contributed by atoms with E-state index in [9.17, 15) is 4.79 Å². The molecule has 1 unspecified atom stereocenters. The molecule has 1 aromatic heterocycles. The molecule has 0 bridgehead atoms. The maximum absolute atomic E-state index is 12.5. The van der Waals surface area contributed by atoms with Crippen LogP contribution < -0.4 is 5.32 Å². The molecule has 1 fully saturated rings. The number of aromatic nitrogens is 1. The first-order chi connectivity index (χ1) is 13.1. The van der Waals surface area contributed by atoms with Gasteiger partial charge in [0.2, 0.25) is 5.91 Å². The van der Waals surface area contributed by atoms with E-state index in [-0.39, 0.29) is 5.91 Å². The van der Waals surface area contributed by atoms with Gasteiger partial charge in [-0.15, -0.1) is 0 Å². The summed E-state index contributed by atoms with van der Waals surface area (Å²) in [6.45, 7) is 8.40. The SMILES string of the molecule is CCCN(CC(=O)Nc1cc(C)on1)C1CCCN(Cc2ccccc2)C1. The number of aryl methyl sites for hydroxylation is 1. The minimum absolute atomic E-state index is 0.0306. The van der Waals surface area contributed by atoms with Gasteiger partial charge in [0.15, 0.2) is 5.82 Å². The van der Waals surface area contributed by atoms with E-state index in [4.69, 9.17) is 4.52 Å². The average Bonchev–Trinajstić information content (AvgIpc) is 3.07. The van der Waals surface area contributed by atoms with E-state index in [2.05, 4.69) is 57.5 Å². The van der Waals surface area contributed by atoms with Crippen LogP contribution in [-0.2, 0) is 11.3 Å². The molecule has 146 valence electrons. The number of hydrogen-bond donors (Lipinski definition) is 1. The lowest BCUT2D eigenvalue weighted by Gasteiger charge is -2.39. The van der Waals surface area contributed by atoms with Crippen molar-refractivity contribution in [2.24, 2.45) is 0 Å². The quantitative estimate of drug-likeness (QED) is 0.772. The summed E-state index contributed by atoms with van der Waals surface area (Å²) in [5.74, 6) is 1.15. The second-order valence-electron chi connectivity index (χ2n) is 7.36. The van der Waals surface area contributed by atoms with Crippen LogP contribution in [0.4, 0.5) is 5.82 Å². The van der Waals surface area contributed by atoms with E-state index < -0.39 is 0 Å². The van der Waals surface area contributed by atoms with Crippen molar-refractivity contribution in [3.63, 3.8) is 0 Å². The zero-order chi connectivity index (χ0) is 19.1. The summed E-state index contributed by atoms with van der Waals surface area (Å²) in [7, 11) is 0. The molecular weight excluding hydrogens is 340 g/mol. The predicted molar refractivity (Wildman–Crippen MR) is 106 cm³/mol. The maximum atomic E-state index is 12.5. The molecule has 1 saturated heterocycles. The highest BCUT2D eigenvalue weighted by atomic mass is 16.5. The molecule has 27 heavy (non-hydrogen) atoms. The largest absolute Gasteiger partial charge is 0.360 e. The number of carbonyl (C=O) groups excluding carboxylic acids is 1. The predicted octanol–water partition coefficient (Wildman–Crippen LogP) is 3.30. The van der Waals surface area contributed by atoms with Crippen molar-refractivity contribution in [1.82, 2.24) is 15.0 Å². The van der Waals surface area contributed by atoms with Gasteiger partial charge in [-0.1, -0.05) is 42.4 Å². The first-order valence-corrected chi connectivity index (χ1v) is 9.87. The summed E-state index contributed by atoms with van der Waals surface area (Å²) in [6.07, 6.45) is 3.34. The molecule has 2 heterocycles. The van der Waals surface area contributed by atoms with Gasteiger partial charge in [0.05, 0.1) is 6.54 Å². The monoisotopic (exact) mass is 370 g/mol. The number of amides is 1. The molecule has 2 aromatic rings. The summed E-state index contributed by atoms with van der Waals surface area (Å²) in [4.78, 5) is 17.3. The van der Waals surface area contributed by atoms with E-state index in [0.29, 0.717) is 24.2 Å². The third kappa shape index (κ3) is 5.91. The first kappa shape index (κ1) is 19.6. The Morgan fingerprint density at radius 1 is 1.37 bits per heavy atom. The van der Waals surface area contributed by atoms with Crippen molar-refractivity contribution in [3.05, 3.63) is 47.7 Å². The summed E-state index contributed by atoms with van der Waals surface area (Å²) >= 11 is 0. The molecule has 0 radical (unpaired) electrons. The van der Waals surface area contributed by atoms with E-state index in [0.717, 1.165) is 39.0 Å². The second kappa shape index (κ2) is 9.67. The van der Waals surface area contributed by atoms with Crippen molar-refractivity contribution in [2.45, 2.75) is 45.7 Å². The van der Waals surface area contributed by atoms with Crippen LogP contribution in [0.2, 0.25) is 0 Å². The van der Waals surface area contributed by atoms with Crippen LogP contribution in [-0.4, -0.2) is 53.1 Å². The lowest BCUT2D eigenvalue weighted by molar-refractivity contribution is -0.118. The van der Waals surface area contributed by atoms with Crippen LogP contribution in [0, 0.1) is 6.92 Å². The number of carbonyl (C=O) groups is 1. The molecule has 0 saturated carbocycles. The Bertz CT molecular complexity index is 716. The molecule has 1 amide bonds. The second-order valence-corrected chi connectivity index (χ2v) is 7.36. The number of nitrogens with zero attached hydrogens (tertiary/aromatic N) is 3. The van der Waals surface area contributed by atoms with Crippen LogP contribution in [0.3, 0.4) is 0 Å². The van der Waals surface area contributed by atoms with Gasteiger partial charge in [0.25, 0.3) is 0 Å². The summed E-state index contributed by atoms with van der Waals surface area (Å²) in [5, 5.41) is 6.69. The van der Waals surface area contributed by atoms with Crippen molar-refractivity contribution in [3.8, 4) is 0 Å². The third-order valence-corrected chi connectivity index (χ3v) is 5.00. The number of anilines is 1. The number of benzene rings is 1. The van der Waals surface area contributed by atoms with Gasteiger partial charge in [-0.05, 0) is 44.8 Å².